The zero-order chi connectivity index (χ0) is 19.8. The maximum Gasteiger partial charge on any atom is 0.244 e. The van der Waals surface area contributed by atoms with Crippen molar-refractivity contribution >= 4 is 11.6 Å². The highest BCUT2D eigenvalue weighted by atomic mass is 16.2. The number of anilines is 1. The molecule has 0 aromatic heterocycles. The molecule has 5 rings (SSSR count). The average Bonchev–Trinajstić information content (AvgIpc) is 3.06. The fourth-order valence-electron chi connectivity index (χ4n) is 4.53. The van der Waals surface area contributed by atoms with Gasteiger partial charge in [-0.3, -0.25) is 9.69 Å². The SMILES string of the molecule is N#Cc1ccc(N2CCC(N3Cc4ccccc4-c4ccccc4C3)C2=O)cc1. The summed E-state index contributed by atoms with van der Waals surface area (Å²) in [5, 5.41) is 9.01. The van der Waals surface area contributed by atoms with Crippen LogP contribution in [0.2, 0.25) is 0 Å². The van der Waals surface area contributed by atoms with E-state index in [4.69, 9.17) is 5.26 Å². The Kier molecular flexibility index (Phi) is 4.38. The summed E-state index contributed by atoms with van der Waals surface area (Å²) in [5.74, 6) is 0.145. The van der Waals surface area contributed by atoms with Crippen molar-refractivity contribution < 1.29 is 4.79 Å². The van der Waals surface area contributed by atoms with Gasteiger partial charge in [-0.1, -0.05) is 48.5 Å². The Morgan fingerprint density at radius 3 is 2.00 bits per heavy atom. The minimum Gasteiger partial charge on any atom is -0.311 e. The zero-order valence-electron chi connectivity index (χ0n) is 16.1. The third-order valence-corrected chi connectivity index (χ3v) is 6.00. The Bertz CT molecular complexity index is 1070. The first kappa shape index (κ1) is 17.7. The van der Waals surface area contributed by atoms with Crippen LogP contribution in [-0.2, 0) is 17.9 Å². The normalized spacial score (nSPS) is 18.7. The van der Waals surface area contributed by atoms with Crippen LogP contribution in [0.4, 0.5) is 5.69 Å². The van der Waals surface area contributed by atoms with Crippen LogP contribution in [0.15, 0.2) is 72.8 Å². The Morgan fingerprint density at radius 2 is 1.41 bits per heavy atom. The molecule has 29 heavy (non-hydrogen) atoms. The van der Waals surface area contributed by atoms with Crippen LogP contribution >= 0.6 is 0 Å². The van der Waals surface area contributed by atoms with Gasteiger partial charge in [-0.05, 0) is 52.9 Å². The van der Waals surface area contributed by atoms with Crippen molar-refractivity contribution in [3.8, 4) is 17.2 Å². The summed E-state index contributed by atoms with van der Waals surface area (Å²) >= 11 is 0. The summed E-state index contributed by atoms with van der Waals surface area (Å²) in [6.07, 6.45) is 0.809. The molecule has 2 heterocycles. The highest BCUT2D eigenvalue weighted by molar-refractivity contribution is 5.99. The number of hydrogen-bond donors (Lipinski definition) is 0. The second kappa shape index (κ2) is 7.20. The monoisotopic (exact) mass is 379 g/mol. The Hall–Kier alpha value is -3.42. The number of nitrogens with zero attached hydrogens (tertiary/aromatic N) is 3. The van der Waals surface area contributed by atoms with E-state index >= 15 is 0 Å². The van der Waals surface area contributed by atoms with E-state index in [1.165, 1.54) is 22.3 Å². The molecule has 0 bridgehead atoms. The summed E-state index contributed by atoms with van der Waals surface area (Å²) in [4.78, 5) is 17.5. The van der Waals surface area contributed by atoms with E-state index in [2.05, 4.69) is 59.5 Å². The van der Waals surface area contributed by atoms with Crippen LogP contribution in [-0.4, -0.2) is 23.4 Å². The van der Waals surface area contributed by atoms with Crippen LogP contribution in [0.1, 0.15) is 23.1 Å². The van der Waals surface area contributed by atoms with Gasteiger partial charge >= 0.3 is 0 Å². The lowest BCUT2D eigenvalue weighted by atomic mass is 9.97. The maximum absolute atomic E-state index is 13.3. The first-order valence-electron chi connectivity index (χ1n) is 9.96. The molecule has 1 fully saturated rings. The molecule has 2 aliphatic rings. The first-order valence-corrected chi connectivity index (χ1v) is 9.96. The molecule has 3 aromatic rings. The fourth-order valence-corrected chi connectivity index (χ4v) is 4.53. The zero-order valence-corrected chi connectivity index (χ0v) is 16.1. The number of nitriles is 1. The fraction of sp³-hybridized carbons (Fsp3) is 0.200. The maximum atomic E-state index is 13.3. The van der Waals surface area contributed by atoms with Gasteiger partial charge in [0.05, 0.1) is 17.7 Å². The van der Waals surface area contributed by atoms with Crippen LogP contribution in [0.25, 0.3) is 11.1 Å². The highest BCUT2D eigenvalue weighted by Crippen LogP contribution is 2.35. The lowest BCUT2D eigenvalue weighted by Gasteiger charge is -2.27. The van der Waals surface area contributed by atoms with Crippen LogP contribution in [0, 0.1) is 11.3 Å². The predicted molar refractivity (Wildman–Crippen MR) is 113 cm³/mol. The van der Waals surface area contributed by atoms with Crippen LogP contribution < -0.4 is 4.90 Å². The van der Waals surface area contributed by atoms with Gasteiger partial charge < -0.3 is 4.90 Å². The number of carbonyl (C=O) groups is 1. The number of hydrogen-bond acceptors (Lipinski definition) is 3. The van der Waals surface area contributed by atoms with Crippen molar-refractivity contribution in [3.05, 3.63) is 89.5 Å². The van der Waals surface area contributed by atoms with Gasteiger partial charge in [-0.25, -0.2) is 0 Å². The van der Waals surface area contributed by atoms with E-state index in [9.17, 15) is 4.79 Å². The molecule has 4 nitrogen and oxygen atoms in total. The van der Waals surface area contributed by atoms with E-state index in [-0.39, 0.29) is 11.9 Å². The Balaban J connectivity index is 1.46. The van der Waals surface area contributed by atoms with Crippen molar-refractivity contribution in [2.75, 3.05) is 11.4 Å². The van der Waals surface area contributed by atoms with Gasteiger partial charge in [0.15, 0.2) is 0 Å². The van der Waals surface area contributed by atoms with E-state index in [1.54, 1.807) is 12.1 Å². The van der Waals surface area contributed by atoms with E-state index in [0.29, 0.717) is 12.1 Å². The number of amides is 1. The third-order valence-electron chi connectivity index (χ3n) is 6.00. The first-order chi connectivity index (χ1) is 14.2. The van der Waals surface area contributed by atoms with Crippen molar-refractivity contribution in [1.82, 2.24) is 4.90 Å². The predicted octanol–water partition coefficient (Wildman–Crippen LogP) is 4.35. The minimum atomic E-state index is -0.134. The quantitative estimate of drug-likeness (QED) is 0.665. The third kappa shape index (κ3) is 3.10. The molecule has 4 heteroatoms. The second-order valence-corrected chi connectivity index (χ2v) is 7.67. The number of fused-ring (bicyclic) bond motifs is 3. The summed E-state index contributed by atoms with van der Waals surface area (Å²) in [6.45, 7) is 2.24. The molecular formula is C25H21N3O. The molecule has 0 N–H and O–H groups in total. The van der Waals surface area contributed by atoms with Gasteiger partial charge in [0, 0.05) is 25.3 Å². The topological polar surface area (TPSA) is 47.3 Å². The van der Waals surface area contributed by atoms with Crippen molar-refractivity contribution in [2.24, 2.45) is 0 Å². The van der Waals surface area contributed by atoms with Gasteiger partial charge in [0.2, 0.25) is 5.91 Å². The number of benzene rings is 3. The summed E-state index contributed by atoms with van der Waals surface area (Å²) in [7, 11) is 0. The molecule has 3 aromatic carbocycles. The van der Waals surface area contributed by atoms with Crippen molar-refractivity contribution in [3.63, 3.8) is 0 Å². The molecule has 0 aliphatic carbocycles. The molecule has 1 unspecified atom stereocenters. The number of carbonyl (C=O) groups excluding carboxylic acids is 1. The molecule has 142 valence electrons. The largest absolute Gasteiger partial charge is 0.311 e. The van der Waals surface area contributed by atoms with Crippen molar-refractivity contribution in [2.45, 2.75) is 25.6 Å². The summed E-state index contributed by atoms with van der Waals surface area (Å²) in [6, 6.07) is 26.3. The Morgan fingerprint density at radius 1 is 0.828 bits per heavy atom. The molecule has 1 atom stereocenters. The molecule has 0 radical (unpaired) electrons. The molecule has 1 amide bonds. The van der Waals surface area contributed by atoms with Gasteiger partial charge in [0.1, 0.15) is 0 Å². The molecule has 0 saturated carbocycles. The smallest absolute Gasteiger partial charge is 0.244 e. The van der Waals surface area contributed by atoms with E-state index in [1.807, 2.05) is 17.0 Å². The molecular weight excluding hydrogens is 358 g/mol. The van der Waals surface area contributed by atoms with Gasteiger partial charge in [-0.15, -0.1) is 0 Å². The van der Waals surface area contributed by atoms with Gasteiger partial charge in [-0.2, -0.15) is 5.26 Å². The minimum absolute atomic E-state index is 0.134. The lowest BCUT2D eigenvalue weighted by Crippen LogP contribution is -2.40. The van der Waals surface area contributed by atoms with Crippen LogP contribution in [0.3, 0.4) is 0 Å². The average molecular weight is 379 g/mol. The van der Waals surface area contributed by atoms with Gasteiger partial charge in [0.25, 0.3) is 0 Å². The highest BCUT2D eigenvalue weighted by Gasteiger charge is 2.37. The van der Waals surface area contributed by atoms with E-state index < -0.39 is 0 Å². The summed E-state index contributed by atoms with van der Waals surface area (Å²) < 4.78 is 0. The van der Waals surface area contributed by atoms with E-state index in [0.717, 1.165) is 25.2 Å². The molecule has 1 saturated heterocycles. The molecule has 0 spiro atoms. The molecule has 2 aliphatic heterocycles. The lowest BCUT2D eigenvalue weighted by molar-refractivity contribution is -0.122. The van der Waals surface area contributed by atoms with Crippen LogP contribution in [0.5, 0.6) is 0 Å². The number of rotatable bonds is 2. The summed E-state index contributed by atoms with van der Waals surface area (Å²) in [5.41, 5.74) is 6.54. The standard InChI is InChI=1S/C25H21N3O/c26-15-18-9-11-21(12-10-18)28-14-13-24(25(28)29)27-16-19-5-1-3-7-22(19)23-8-4-2-6-20(23)17-27/h1-12,24H,13-14,16-17H2. The van der Waals surface area contributed by atoms with Crippen molar-refractivity contribution in [1.29, 1.82) is 5.26 Å². The Labute approximate surface area is 170 Å². The second-order valence-electron chi connectivity index (χ2n) is 7.67.